The fourth-order valence-electron chi connectivity index (χ4n) is 3.54. The molecule has 6 atom stereocenters. The van der Waals surface area contributed by atoms with Crippen molar-refractivity contribution in [2.75, 3.05) is 14.2 Å². The number of rotatable bonds is 2. The van der Waals surface area contributed by atoms with Gasteiger partial charge in [0.2, 0.25) is 0 Å². The molecule has 2 unspecified atom stereocenters. The van der Waals surface area contributed by atoms with Gasteiger partial charge in [-0.15, -0.1) is 0 Å². The van der Waals surface area contributed by atoms with Gasteiger partial charge in [-0.05, 0) is 11.1 Å². The standard InChI is InChI=1S/C16H18O6/c1-21-15(19)7-3-5-8-9(6-4-7)14(18)11-10(13(8)17)12(11)16(20)22-2/h3-7,10-14,17-18H,1-2H3/t7?,10-,11+,12?,13-,14+. The molecule has 3 aliphatic rings. The highest BCUT2D eigenvalue weighted by Crippen LogP contribution is 2.58. The van der Waals surface area contributed by atoms with Crippen molar-refractivity contribution in [1.82, 2.24) is 0 Å². The predicted molar refractivity (Wildman–Crippen MR) is 75.3 cm³/mol. The van der Waals surface area contributed by atoms with Gasteiger partial charge < -0.3 is 19.7 Å². The Hall–Kier alpha value is -1.92. The summed E-state index contributed by atoms with van der Waals surface area (Å²) in [6.45, 7) is 0. The lowest BCUT2D eigenvalue weighted by atomic mass is 9.87. The van der Waals surface area contributed by atoms with E-state index in [9.17, 15) is 19.8 Å². The lowest BCUT2D eigenvalue weighted by Gasteiger charge is -2.24. The number of hydrogen-bond acceptors (Lipinski definition) is 6. The number of aliphatic hydroxyl groups is 2. The Morgan fingerprint density at radius 2 is 1.36 bits per heavy atom. The van der Waals surface area contributed by atoms with Gasteiger partial charge in [0.1, 0.15) is 0 Å². The minimum atomic E-state index is -0.857. The Kier molecular flexibility index (Phi) is 3.66. The van der Waals surface area contributed by atoms with Crippen LogP contribution in [0.2, 0.25) is 0 Å². The fourth-order valence-corrected chi connectivity index (χ4v) is 3.54. The van der Waals surface area contributed by atoms with E-state index in [-0.39, 0.29) is 11.8 Å². The van der Waals surface area contributed by atoms with Gasteiger partial charge >= 0.3 is 11.9 Å². The van der Waals surface area contributed by atoms with Crippen molar-refractivity contribution in [2.24, 2.45) is 23.7 Å². The summed E-state index contributed by atoms with van der Waals surface area (Å²) in [4.78, 5) is 23.3. The van der Waals surface area contributed by atoms with Gasteiger partial charge in [0, 0.05) is 11.8 Å². The first-order valence-electron chi connectivity index (χ1n) is 7.13. The number of esters is 2. The van der Waals surface area contributed by atoms with E-state index in [4.69, 9.17) is 9.47 Å². The highest BCUT2D eigenvalue weighted by Gasteiger charge is 2.65. The van der Waals surface area contributed by atoms with Gasteiger partial charge in [0.05, 0.1) is 38.3 Å². The molecule has 1 fully saturated rings. The quantitative estimate of drug-likeness (QED) is 0.696. The monoisotopic (exact) mass is 306 g/mol. The molecule has 22 heavy (non-hydrogen) atoms. The molecule has 0 aliphatic heterocycles. The Morgan fingerprint density at radius 1 is 0.909 bits per heavy atom. The van der Waals surface area contributed by atoms with Gasteiger partial charge in [-0.3, -0.25) is 9.59 Å². The van der Waals surface area contributed by atoms with Gasteiger partial charge in [0.25, 0.3) is 0 Å². The lowest BCUT2D eigenvalue weighted by molar-refractivity contribution is -0.143. The molecule has 3 aliphatic carbocycles. The van der Waals surface area contributed by atoms with E-state index >= 15 is 0 Å². The van der Waals surface area contributed by atoms with Crippen molar-refractivity contribution in [3.8, 4) is 0 Å². The molecule has 1 saturated carbocycles. The van der Waals surface area contributed by atoms with E-state index in [1.54, 1.807) is 24.3 Å². The number of carbonyl (C=O) groups is 2. The average Bonchev–Trinajstić information content (AvgIpc) is 3.30. The normalized spacial score (nSPS) is 38.7. The fraction of sp³-hybridized carbons (Fsp3) is 0.500. The number of aliphatic hydroxyl groups excluding tert-OH is 2. The van der Waals surface area contributed by atoms with Crippen molar-refractivity contribution in [3.05, 3.63) is 35.5 Å². The number of carbonyl (C=O) groups excluding carboxylic acids is 2. The molecule has 0 bridgehead atoms. The van der Waals surface area contributed by atoms with Crippen LogP contribution in [0.3, 0.4) is 0 Å². The number of fused-ring (bicyclic) bond motifs is 1. The third-order valence-corrected chi connectivity index (χ3v) is 4.75. The molecule has 6 heteroatoms. The summed E-state index contributed by atoms with van der Waals surface area (Å²) in [7, 11) is 2.60. The highest BCUT2D eigenvalue weighted by molar-refractivity contribution is 5.79. The van der Waals surface area contributed by atoms with E-state index in [1.807, 2.05) is 0 Å². The topological polar surface area (TPSA) is 93.1 Å². The second kappa shape index (κ2) is 5.37. The summed E-state index contributed by atoms with van der Waals surface area (Å²) < 4.78 is 9.43. The third-order valence-electron chi connectivity index (χ3n) is 4.75. The molecular weight excluding hydrogens is 288 g/mol. The molecule has 0 saturated heterocycles. The van der Waals surface area contributed by atoms with Crippen LogP contribution in [0.15, 0.2) is 35.5 Å². The first-order chi connectivity index (χ1) is 10.5. The Balaban J connectivity index is 1.89. The molecule has 3 rings (SSSR count). The maximum atomic E-state index is 11.7. The van der Waals surface area contributed by atoms with Crippen LogP contribution in [0.4, 0.5) is 0 Å². The number of hydrogen-bond donors (Lipinski definition) is 2. The first kappa shape index (κ1) is 15.0. The van der Waals surface area contributed by atoms with Crippen LogP contribution in [-0.4, -0.2) is 48.6 Å². The SMILES string of the molecule is COC(=O)C1C=CC2=C(C=C1)[C@H](O)[C@@H]1C(C(=O)OC)[C@@H]1[C@@H]2O. The molecule has 0 radical (unpaired) electrons. The van der Waals surface area contributed by atoms with Crippen LogP contribution in [0.25, 0.3) is 0 Å². The minimum Gasteiger partial charge on any atom is -0.469 e. The van der Waals surface area contributed by atoms with Gasteiger partial charge in [-0.2, -0.15) is 0 Å². The van der Waals surface area contributed by atoms with Crippen LogP contribution in [0.5, 0.6) is 0 Å². The molecular formula is C16H18O6. The molecule has 0 amide bonds. The van der Waals surface area contributed by atoms with Gasteiger partial charge in [-0.1, -0.05) is 24.3 Å². The van der Waals surface area contributed by atoms with Crippen LogP contribution in [0, 0.1) is 23.7 Å². The van der Waals surface area contributed by atoms with Crippen molar-refractivity contribution in [2.45, 2.75) is 12.2 Å². The second-order valence-electron chi connectivity index (χ2n) is 5.77. The van der Waals surface area contributed by atoms with E-state index in [2.05, 4.69) is 0 Å². The number of methoxy groups -OCH3 is 2. The zero-order valence-corrected chi connectivity index (χ0v) is 12.3. The van der Waals surface area contributed by atoms with E-state index < -0.39 is 36.0 Å². The van der Waals surface area contributed by atoms with E-state index in [0.29, 0.717) is 11.1 Å². The Bertz CT molecular complexity index is 566. The van der Waals surface area contributed by atoms with Crippen molar-refractivity contribution in [3.63, 3.8) is 0 Å². The molecule has 0 heterocycles. The molecule has 0 spiro atoms. The molecule has 118 valence electrons. The summed E-state index contributed by atoms with van der Waals surface area (Å²) in [5.74, 6) is -2.54. The molecule has 2 N–H and O–H groups in total. The predicted octanol–water partition coefficient (Wildman–Crippen LogP) is -0.0312. The summed E-state index contributed by atoms with van der Waals surface area (Å²) in [5, 5.41) is 21.0. The highest BCUT2D eigenvalue weighted by atomic mass is 16.5. The zero-order valence-electron chi connectivity index (χ0n) is 12.3. The minimum absolute atomic E-state index is 0.339. The van der Waals surface area contributed by atoms with Gasteiger partial charge in [0.15, 0.2) is 0 Å². The van der Waals surface area contributed by atoms with Gasteiger partial charge in [-0.25, -0.2) is 0 Å². The zero-order chi connectivity index (χ0) is 16.0. The maximum Gasteiger partial charge on any atom is 0.316 e. The third kappa shape index (κ3) is 2.10. The molecule has 6 nitrogen and oxygen atoms in total. The smallest absolute Gasteiger partial charge is 0.316 e. The average molecular weight is 306 g/mol. The molecule has 0 aromatic heterocycles. The number of ether oxygens (including phenoxy) is 2. The molecule has 0 aromatic rings. The van der Waals surface area contributed by atoms with Crippen LogP contribution in [-0.2, 0) is 19.1 Å². The van der Waals surface area contributed by atoms with Crippen molar-refractivity contribution >= 4 is 11.9 Å². The maximum absolute atomic E-state index is 11.7. The Labute approximate surface area is 127 Å². The first-order valence-corrected chi connectivity index (χ1v) is 7.13. The second-order valence-corrected chi connectivity index (χ2v) is 5.77. The summed E-state index contributed by atoms with van der Waals surface area (Å²) in [6.07, 6.45) is 4.79. The van der Waals surface area contributed by atoms with E-state index in [0.717, 1.165) is 0 Å². The largest absolute Gasteiger partial charge is 0.469 e. The Morgan fingerprint density at radius 3 is 1.77 bits per heavy atom. The lowest BCUT2D eigenvalue weighted by Crippen LogP contribution is -2.27. The van der Waals surface area contributed by atoms with Crippen molar-refractivity contribution < 1.29 is 29.3 Å². The van der Waals surface area contributed by atoms with E-state index in [1.165, 1.54) is 14.2 Å². The summed E-state index contributed by atoms with van der Waals surface area (Å²) in [5.41, 5.74) is 1.09. The summed E-state index contributed by atoms with van der Waals surface area (Å²) in [6, 6.07) is 0. The van der Waals surface area contributed by atoms with Crippen LogP contribution >= 0.6 is 0 Å². The summed E-state index contributed by atoms with van der Waals surface area (Å²) >= 11 is 0. The van der Waals surface area contributed by atoms with Crippen molar-refractivity contribution in [1.29, 1.82) is 0 Å². The van der Waals surface area contributed by atoms with Crippen LogP contribution < -0.4 is 0 Å². The molecule has 0 aromatic carbocycles. The van der Waals surface area contributed by atoms with Crippen LogP contribution in [0.1, 0.15) is 0 Å².